The standard InChI is InChI=1S/C17H24N4O2/c1-11(2)20-8-13(15(10-20)23-4)19-17(22)14-9-21-7-12(3)5-6-16(21)18-14/h5-7,9,11,13,15H,8,10H2,1-4H3,(H,19,22)/t13-,15-/m1/s1. The molecular formula is C17H24N4O2. The van der Waals surface area contributed by atoms with Crippen LogP contribution in [-0.4, -0.2) is 58.6 Å². The third kappa shape index (κ3) is 3.23. The van der Waals surface area contributed by atoms with E-state index in [0.29, 0.717) is 11.7 Å². The quantitative estimate of drug-likeness (QED) is 0.928. The molecule has 1 aliphatic heterocycles. The first-order valence-electron chi connectivity index (χ1n) is 8.01. The fourth-order valence-electron chi connectivity index (χ4n) is 3.06. The summed E-state index contributed by atoms with van der Waals surface area (Å²) in [5, 5.41) is 3.08. The van der Waals surface area contributed by atoms with Gasteiger partial charge in [-0.2, -0.15) is 0 Å². The molecule has 1 amide bonds. The normalized spacial score (nSPS) is 22.1. The lowest BCUT2D eigenvalue weighted by Crippen LogP contribution is -2.43. The van der Waals surface area contributed by atoms with Gasteiger partial charge in [-0.3, -0.25) is 9.69 Å². The van der Waals surface area contributed by atoms with E-state index in [4.69, 9.17) is 4.74 Å². The van der Waals surface area contributed by atoms with Crippen molar-refractivity contribution in [2.75, 3.05) is 20.2 Å². The second kappa shape index (κ2) is 6.29. The van der Waals surface area contributed by atoms with E-state index in [1.165, 1.54) is 0 Å². The summed E-state index contributed by atoms with van der Waals surface area (Å²) in [6.45, 7) is 7.96. The third-order valence-electron chi connectivity index (χ3n) is 4.48. The molecule has 2 aromatic rings. The van der Waals surface area contributed by atoms with Crippen LogP contribution in [0.4, 0.5) is 0 Å². The Balaban J connectivity index is 1.74. The fourth-order valence-corrected chi connectivity index (χ4v) is 3.06. The highest BCUT2D eigenvalue weighted by Gasteiger charge is 2.35. The number of ether oxygens (including phenoxy) is 1. The van der Waals surface area contributed by atoms with Crippen molar-refractivity contribution in [3.63, 3.8) is 0 Å². The monoisotopic (exact) mass is 316 g/mol. The number of fused-ring (bicyclic) bond motifs is 1. The van der Waals surface area contributed by atoms with E-state index in [1.54, 1.807) is 13.3 Å². The predicted molar refractivity (Wildman–Crippen MR) is 88.7 cm³/mol. The molecule has 6 nitrogen and oxygen atoms in total. The summed E-state index contributed by atoms with van der Waals surface area (Å²) in [5.41, 5.74) is 2.34. The van der Waals surface area contributed by atoms with Crippen LogP contribution in [0.5, 0.6) is 0 Å². The van der Waals surface area contributed by atoms with Crippen LogP contribution in [0.3, 0.4) is 0 Å². The fraction of sp³-hybridized carbons (Fsp3) is 0.529. The van der Waals surface area contributed by atoms with Gasteiger partial charge in [0.15, 0.2) is 0 Å². The van der Waals surface area contributed by atoms with Crippen molar-refractivity contribution in [1.82, 2.24) is 19.6 Å². The van der Waals surface area contributed by atoms with Crippen molar-refractivity contribution in [3.8, 4) is 0 Å². The molecule has 3 heterocycles. The van der Waals surface area contributed by atoms with Crippen molar-refractivity contribution in [2.24, 2.45) is 0 Å². The number of amides is 1. The maximum atomic E-state index is 12.5. The highest BCUT2D eigenvalue weighted by Crippen LogP contribution is 2.16. The van der Waals surface area contributed by atoms with Gasteiger partial charge in [0.2, 0.25) is 0 Å². The van der Waals surface area contributed by atoms with E-state index in [9.17, 15) is 4.79 Å². The topological polar surface area (TPSA) is 58.9 Å². The number of hydrogen-bond acceptors (Lipinski definition) is 4. The lowest BCUT2D eigenvalue weighted by molar-refractivity contribution is 0.0750. The van der Waals surface area contributed by atoms with Gasteiger partial charge in [-0.05, 0) is 32.4 Å². The number of pyridine rings is 1. The second-order valence-electron chi connectivity index (χ2n) is 6.50. The first-order valence-corrected chi connectivity index (χ1v) is 8.01. The van der Waals surface area contributed by atoms with E-state index < -0.39 is 0 Å². The Morgan fingerprint density at radius 3 is 2.83 bits per heavy atom. The number of aromatic nitrogens is 2. The van der Waals surface area contributed by atoms with Crippen LogP contribution < -0.4 is 5.32 Å². The molecule has 1 N–H and O–H groups in total. The minimum Gasteiger partial charge on any atom is -0.378 e. The Labute approximate surface area is 136 Å². The summed E-state index contributed by atoms with van der Waals surface area (Å²) in [6, 6.07) is 4.33. The number of rotatable bonds is 4. The van der Waals surface area contributed by atoms with Gasteiger partial charge in [0.25, 0.3) is 5.91 Å². The third-order valence-corrected chi connectivity index (χ3v) is 4.48. The number of likely N-dealkylation sites (tertiary alicyclic amines) is 1. The number of carbonyl (C=O) groups excluding carboxylic acids is 1. The molecule has 1 saturated heterocycles. The number of nitrogens with zero attached hydrogens (tertiary/aromatic N) is 3. The molecule has 2 atom stereocenters. The van der Waals surface area contributed by atoms with Crippen molar-refractivity contribution in [1.29, 1.82) is 0 Å². The first-order chi connectivity index (χ1) is 11.0. The SMILES string of the molecule is CO[C@@H]1CN(C(C)C)C[C@H]1NC(=O)c1cn2cc(C)ccc2n1. The van der Waals surface area contributed by atoms with Crippen LogP contribution in [0.2, 0.25) is 0 Å². The van der Waals surface area contributed by atoms with Gasteiger partial charge in [0.05, 0.1) is 12.1 Å². The molecule has 0 bridgehead atoms. The Morgan fingerprint density at radius 1 is 1.35 bits per heavy atom. The number of nitrogens with one attached hydrogen (secondary N) is 1. The number of hydrogen-bond donors (Lipinski definition) is 1. The van der Waals surface area contributed by atoms with Crippen molar-refractivity contribution in [3.05, 3.63) is 35.8 Å². The molecule has 0 saturated carbocycles. The average Bonchev–Trinajstić information content (AvgIpc) is 3.10. The van der Waals surface area contributed by atoms with Crippen LogP contribution in [0, 0.1) is 6.92 Å². The highest BCUT2D eigenvalue weighted by molar-refractivity contribution is 5.93. The largest absolute Gasteiger partial charge is 0.378 e. The lowest BCUT2D eigenvalue weighted by Gasteiger charge is -2.19. The first kappa shape index (κ1) is 16.0. The van der Waals surface area contributed by atoms with Crippen molar-refractivity contribution < 1.29 is 9.53 Å². The van der Waals surface area contributed by atoms with Gasteiger partial charge in [-0.15, -0.1) is 0 Å². The number of aryl methyl sites for hydroxylation is 1. The van der Waals surface area contributed by atoms with Gasteiger partial charge in [0, 0.05) is 38.6 Å². The molecule has 3 rings (SSSR count). The molecule has 0 aromatic carbocycles. The summed E-state index contributed by atoms with van der Waals surface area (Å²) in [5.74, 6) is -0.149. The van der Waals surface area contributed by atoms with E-state index >= 15 is 0 Å². The molecule has 0 unspecified atom stereocenters. The summed E-state index contributed by atoms with van der Waals surface area (Å²) >= 11 is 0. The van der Waals surface area contributed by atoms with Crippen LogP contribution in [0.1, 0.15) is 29.9 Å². The average molecular weight is 316 g/mol. The van der Waals surface area contributed by atoms with Gasteiger partial charge < -0.3 is 14.5 Å². The Hall–Kier alpha value is -1.92. The maximum Gasteiger partial charge on any atom is 0.271 e. The zero-order chi connectivity index (χ0) is 16.6. The van der Waals surface area contributed by atoms with Crippen molar-refractivity contribution in [2.45, 2.75) is 39.0 Å². The molecule has 23 heavy (non-hydrogen) atoms. The van der Waals surface area contributed by atoms with Crippen molar-refractivity contribution >= 4 is 11.6 Å². The molecule has 124 valence electrons. The van der Waals surface area contributed by atoms with E-state index in [1.807, 2.05) is 29.7 Å². The summed E-state index contributed by atoms with van der Waals surface area (Å²) < 4.78 is 7.42. The van der Waals surface area contributed by atoms with Gasteiger partial charge >= 0.3 is 0 Å². The minimum absolute atomic E-state index is 0.0125. The molecule has 0 spiro atoms. The zero-order valence-corrected chi connectivity index (χ0v) is 14.1. The van der Waals surface area contributed by atoms with E-state index in [0.717, 1.165) is 24.3 Å². The maximum absolute atomic E-state index is 12.5. The van der Waals surface area contributed by atoms with Crippen LogP contribution in [-0.2, 0) is 4.74 Å². The summed E-state index contributed by atoms with van der Waals surface area (Å²) in [4.78, 5) is 19.2. The molecule has 2 aromatic heterocycles. The molecule has 1 aliphatic rings. The van der Waals surface area contributed by atoms with Crippen LogP contribution >= 0.6 is 0 Å². The Bertz CT molecular complexity index is 710. The van der Waals surface area contributed by atoms with Crippen LogP contribution in [0.15, 0.2) is 24.5 Å². The molecule has 0 aliphatic carbocycles. The summed E-state index contributed by atoms with van der Waals surface area (Å²) in [6.07, 6.45) is 3.75. The molecule has 1 fully saturated rings. The van der Waals surface area contributed by atoms with Gasteiger partial charge in [-0.1, -0.05) is 6.07 Å². The Morgan fingerprint density at radius 2 is 2.13 bits per heavy atom. The summed E-state index contributed by atoms with van der Waals surface area (Å²) in [7, 11) is 1.70. The Kier molecular flexibility index (Phi) is 4.37. The van der Waals surface area contributed by atoms with Gasteiger partial charge in [0.1, 0.15) is 11.3 Å². The molecule has 6 heteroatoms. The number of imidazole rings is 1. The highest BCUT2D eigenvalue weighted by atomic mass is 16.5. The lowest BCUT2D eigenvalue weighted by atomic mass is 10.2. The number of carbonyl (C=O) groups is 1. The van der Waals surface area contributed by atoms with E-state index in [-0.39, 0.29) is 18.1 Å². The van der Waals surface area contributed by atoms with E-state index in [2.05, 4.69) is 29.0 Å². The molecule has 0 radical (unpaired) electrons. The zero-order valence-electron chi connectivity index (χ0n) is 14.1. The minimum atomic E-state index is -0.149. The second-order valence-corrected chi connectivity index (χ2v) is 6.50. The predicted octanol–water partition coefficient (Wildman–Crippen LogP) is 1.48. The van der Waals surface area contributed by atoms with Gasteiger partial charge in [-0.25, -0.2) is 4.98 Å². The number of methoxy groups -OCH3 is 1. The smallest absolute Gasteiger partial charge is 0.271 e. The molecular weight excluding hydrogens is 292 g/mol. The van der Waals surface area contributed by atoms with Crippen LogP contribution in [0.25, 0.3) is 5.65 Å².